The van der Waals surface area contributed by atoms with Gasteiger partial charge in [0.15, 0.2) is 0 Å². The van der Waals surface area contributed by atoms with Crippen molar-refractivity contribution in [2.75, 3.05) is 0 Å². The van der Waals surface area contributed by atoms with Gasteiger partial charge in [-0.2, -0.15) is 5.26 Å². The third-order valence-electron chi connectivity index (χ3n) is 3.77. The molecule has 1 saturated carbocycles. The first-order valence-corrected chi connectivity index (χ1v) is 6.95. The normalized spacial score (nSPS) is 25.8. The summed E-state index contributed by atoms with van der Waals surface area (Å²) in [5, 5.41) is 8.83. The third kappa shape index (κ3) is 4.04. The molecule has 2 unspecified atom stereocenters. The SMILES string of the molecule is CC1CC(OCc2ccnc(C#N)c2)CC(C)(C)C1. The predicted molar refractivity (Wildman–Crippen MR) is 74.3 cm³/mol. The lowest BCUT2D eigenvalue weighted by Gasteiger charge is -2.38. The van der Waals surface area contributed by atoms with Crippen molar-refractivity contribution in [1.29, 1.82) is 5.26 Å². The summed E-state index contributed by atoms with van der Waals surface area (Å²) in [6.45, 7) is 7.51. The molecule has 1 fully saturated rings. The van der Waals surface area contributed by atoms with Crippen molar-refractivity contribution < 1.29 is 4.74 Å². The van der Waals surface area contributed by atoms with Gasteiger partial charge in [0.2, 0.25) is 0 Å². The lowest BCUT2D eigenvalue weighted by atomic mass is 9.71. The summed E-state index contributed by atoms with van der Waals surface area (Å²) in [5.41, 5.74) is 1.86. The van der Waals surface area contributed by atoms with Crippen LogP contribution in [-0.2, 0) is 11.3 Å². The molecule has 0 aliphatic heterocycles. The standard InChI is InChI=1S/C16H22N2O/c1-12-6-15(9-16(2,3)8-12)19-11-13-4-5-18-14(7-13)10-17/h4-5,7,12,15H,6,8-9,11H2,1-3H3. The van der Waals surface area contributed by atoms with Gasteiger partial charge in [0.05, 0.1) is 12.7 Å². The summed E-state index contributed by atoms with van der Waals surface area (Å²) in [6, 6.07) is 5.78. The zero-order chi connectivity index (χ0) is 13.9. The van der Waals surface area contributed by atoms with Gasteiger partial charge in [0.1, 0.15) is 11.8 Å². The van der Waals surface area contributed by atoms with E-state index in [9.17, 15) is 0 Å². The summed E-state index contributed by atoms with van der Waals surface area (Å²) in [5.74, 6) is 0.723. The molecule has 1 aromatic heterocycles. The number of hydrogen-bond donors (Lipinski definition) is 0. The van der Waals surface area contributed by atoms with Crippen LogP contribution in [0, 0.1) is 22.7 Å². The Labute approximate surface area is 115 Å². The summed E-state index contributed by atoms with van der Waals surface area (Å²) >= 11 is 0. The molecule has 1 aliphatic rings. The molecule has 2 rings (SSSR count). The van der Waals surface area contributed by atoms with Crippen LogP contribution >= 0.6 is 0 Å². The molecule has 0 saturated heterocycles. The van der Waals surface area contributed by atoms with Crippen LogP contribution in [0.2, 0.25) is 0 Å². The first kappa shape index (κ1) is 14.0. The fourth-order valence-electron chi connectivity index (χ4n) is 3.22. The Balaban J connectivity index is 1.93. The van der Waals surface area contributed by atoms with Crippen molar-refractivity contribution >= 4 is 0 Å². The van der Waals surface area contributed by atoms with Gasteiger partial charge in [-0.05, 0) is 48.3 Å². The van der Waals surface area contributed by atoms with Gasteiger partial charge < -0.3 is 4.74 Å². The van der Waals surface area contributed by atoms with Gasteiger partial charge in [-0.1, -0.05) is 20.8 Å². The minimum absolute atomic E-state index is 0.331. The van der Waals surface area contributed by atoms with Crippen LogP contribution in [-0.4, -0.2) is 11.1 Å². The van der Waals surface area contributed by atoms with Crippen molar-refractivity contribution in [3.05, 3.63) is 29.6 Å². The lowest BCUT2D eigenvalue weighted by Crippen LogP contribution is -2.32. The molecule has 0 amide bonds. The molecule has 0 bridgehead atoms. The molecule has 0 spiro atoms. The summed E-state index contributed by atoms with van der Waals surface area (Å²) in [4.78, 5) is 3.97. The smallest absolute Gasteiger partial charge is 0.140 e. The summed E-state index contributed by atoms with van der Waals surface area (Å²) in [7, 11) is 0. The average Bonchev–Trinajstić information content (AvgIpc) is 2.34. The maximum Gasteiger partial charge on any atom is 0.140 e. The van der Waals surface area contributed by atoms with Crippen LogP contribution in [0.25, 0.3) is 0 Å². The topological polar surface area (TPSA) is 45.9 Å². The Morgan fingerprint density at radius 1 is 1.47 bits per heavy atom. The second kappa shape index (κ2) is 5.71. The van der Waals surface area contributed by atoms with E-state index in [1.165, 1.54) is 6.42 Å². The molecule has 3 heteroatoms. The van der Waals surface area contributed by atoms with E-state index in [-0.39, 0.29) is 0 Å². The molecule has 1 aliphatic carbocycles. The van der Waals surface area contributed by atoms with Gasteiger partial charge >= 0.3 is 0 Å². The van der Waals surface area contributed by atoms with E-state index in [0.717, 1.165) is 24.3 Å². The maximum atomic E-state index is 8.83. The number of aromatic nitrogens is 1. The molecule has 1 heterocycles. The van der Waals surface area contributed by atoms with E-state index in [0.29, 0.717) is 23.8 Å². The van der Waals surface area contributed by atoms with E-state index < -0.39 is 0 Å². The highest BCUT2D eigenvalue weighted by molar-refractivity contribution is 5.24. The Hall–Kier alpha value is -1.40. The van der Waals surface area contributed by atoms with Crippen LogP contribution < -0.4 is 0 Å². The molecule has 0 aromatic carbocycles. The fourth-order valence-corrected chi connectivity index (χ4v) is 3.22. The number of hydrogen-bond acceptors (Lipinski definition) is 3. The molecule has 3 nitrogen and oxygen atoms in total. The molecular formula is C16H22N2O. The zero-order valence-corrected chi connectivity index (χ0v) is 12.0. The lowest BCUT2D eigenvalue weighted by molar-refractivity contribution is -0.0316. The van der Waals surface area contributed by atoms with Gasteiger partial charge in [0, 0.05) is 6.20 Å². The highest BCUT2D eigenvalue weighted by atomic mass is 16.5. The number of nitrogens with zero attached hydrogens (tertiary/aromatic N) is 2. The highest BCUT2D eigenvalue weighted by Crippen LogP contribution is 2.39. The Morgan fingerprint density at radius 2 is 2.26 bits per heavy atom. The van der Waals surface area contributed by atoms with Crippen LogP contribution in [0.3, 0.4) is 0 Å². The van der Waals surface area contributed by atoms with Crippen molar-refractivity contribution in [2.45, 2.75) is 52.7 Å². The Morgan fingerprint density at radius 3 is 2.95 bits per heavy atom. The quantitative estimate of drug-likeness (QED) is 0.830. The highest BCUT2D eigenvalue weighted by Gasteiger charge is 2.32. The maximum absolute atomic E-state index is 8.83. The first-order valence-electron chi connectivity index (χ1n) is 6.95. The third-order valence-corrected chi connectivity index (χ3v) is 3.77. The van der Waals surface area contributed by atoms with Crippen LogP contribution in [0.4, 0.5) is 0 Å². The van der Waals surface area contributed by atoms with E-state index >= 15 is 0 Å². The van der Waals surface area contributed by atoms with E-state index in [4.69, 9.17) is 10.00 Å². The van der Waals surface area contributed by atoms with Crippen LogP contribution in [0.1, 0.15) is 51.3 Å². The summed E-state index contributed by atoms with van der Waals surface area (Å²) < 4.78 is 6.04. The summed E-state index contributed by atoms with van der Waals surface area (Å²) in [6.07, 6.45) is 5.54. The largest absolute Gasteiger partial charge is 0.374 e. The minimum Gasteiger partial charge on any atom is -0.374 e. The number of nitriles is 1. The van der Waals surface area contributed by atoms with Gasteiger partial charge in [-0.15, -0.1) is 0 Å². The van der Waals surface area contributed by atoms with Crippen molar-refractivity contribution in [3.8, 4) is 6.07 Å². The van der Waals surface area contributed by atoms with Crippen molar-refractivity contribution in [1.82, 2.24) is 4.98 Å². The average molecular weight is 258 g/mol. The van der Waals surface area contributed by atoms with Crippen LogP contribution in [0.15, 0.2) is 18.3 Å². The second-order valence-corrected chi connectivity index (χ2v) is 6.51. The first-order chi connectivity index (χ1) is 8.98. The molecule has 102 valence electrons. The number of pyridine rings is 1. The fraction of sp³-hybridized carbons (Fsp3) is 0.625. The molecule has 19 heavy (non-hydrogen) atoms. The zero-order valence-electron chi connectivity index (χ0n) is 12.0. The van der Waals surface area contributed by atoms with Crippen molar-refractivity contribution in [2.24, 2.45) is 11.3 Å². The van der Waals surface area contributed by atoms with E-state index in [1.807, 2.05) is 6.07 Å². The van der Waals surface area contributed by atoms with E-state index in [1.54, 1.807) is 12.3 Å². The Kier molecular flexibility index (Phi) is 4.21. The molecular weight excluding hydrogens is 236 g/mol. The Bertz CT molecular complexity index is 476. The molecule has 0 radical (unpaired) electrons. The molecule has 0 N–H and O–H groups in total. The molecule has 2 atom stereocenters. The number of rotatable bonds is 3. The van der Waals surface area contributed by atoms with Crippen LogP contribution in [0.5, 0.6) is 0 Å². The molecule has 1 aromatic rings. The minimum atomic E-state index is 0.331. The predicted octanol–water partition coefficient (Wildman–Crippen LogP) is 3.68. The number of ether oxygens (including phenoxy) is 1. The van der Waals surface area contributed by atoms with E-state index in [2.05, 4.69) is 31.8 Å². The van der Waals surface area contributed by atoms with Crippen molar-refractivity contribution in [3.63, 3.8) is 0 Å². The monoisotopic (exact) mass is 258 g/mol. The van der Waals surface area contributed by atoms with Gasteiger partial charge in [-0.3, -0.25) is 0 Å². The second-order valence-electron chi connectivity index (χ2n) is 6.51. The van der Waals surface area contributed by atoms with Gasteiger partial charge in [0.25, 0.3) is 0 Å². The van der Waals surface area contributed by atoms with Gasteiger partial charge in [-0.25, -0.2) is 4.98 Å².